The summed E-state index contributed by atoms with van der Waals surface area (Å²) < 4.78 is 6.86. The average molecular weight is 460 g/mol. The van der Waals surface area contributed by atoms with E-state index in [1.165, 1.54) is 0 Å². The Morgan fingerprint density at radius 2 is 1.94 bits per heavy atom. The minimum absolute atomic E-state index is 0.592. The lowest BCUT2D eigenvalue weighted by atomic mass is 10.1. The minimum Gasteiger partial charge on any atom is -0.478 e. The molecule has 0 unspecified atom stereocenters. The van der Waals surface area contributed by atoms with E-state index in [1.54, 1.807) is 25.2 Å². The zero-order valence-corrected chi connectivity index (χ0v) is 19.5. The van der Waals surface area contributed by atoms with Crippen LogP contribution in [0.5, 0.6) is 5.75 Å². The monoisotopic (exact) mass is 459 g/mol. The van der Waals surface area contributed by atoms with Gasteiger partial charge in [-0.2, -0.15) is 0 Å². The largest absolute Gasteiger partial charge is 0.478 e. The smallest absolute Gasteiger partial charge is 0.347 e. The van der Waals surface area contributed by atoms with Crippen LogP contribution in [0.15, 0.2) is 36.4 Å². The van der Waals surface area contributed by atoms with E-state index in [1.807, 2.05) is 37.3 Å². The summed E-state index contributed by atoms with van der Waals surface area (Å²) in [5.74, 6) is -0.391. The van der Waals surface area contributed by atoms with Crippen molar-refractivity contribution in [2.24, 2.45) is 0 Å². The summed E-state index contributed by atoms with van der Waals surface area (Å²) in [5.41, 5.74) is 1.90. The Hall–Kier alpha value is -2.35. The molecule has 4 rings (SSSR count). The number of piperazine rings is 1. The van der Waals surface area contributed by atoms with Gasteiger partial charge in [0, 0.05) is 37.7 Å². The first-order valence-corrected chi connectivity index (χ1v) is 11.5. The summed E-state index contributed by atoms with van der Waals surface area (Å²) in [5, 5.41) is 11.1. The lowest BCUT2D eigenvalue weighted by Crippen LogP contribution is -2.45. The molecule has 1 aliphatic heterocycles. The molecule has 0 radical (unpaired) electrons. The standard InChI is InChI=1S/C23H26ClN3O3S/c1-15-10-16(12-18(11-15)30-23(2,3)21(28)29)14-26-6-8-27(9-7-26)22-25-19-5-4-17(24)13-20(19)31-22/h4-5,10-13H,6-9,14H2,1-3H3,(H,28,29). The van der Waals surface area contributed by atoms with E-state index in [2.05, 4.69) is 15.9 Å². The molecule has 6 nitrogen and oxygen atoms in total. The third-order valence-corrected chi connectivity index (χ3v) is 6.70. The van der Waals surface area contributed by atoms with Gasteiger partial charge < -0.3 is 14.7 Å². The van der Waals surface area contributed by atoms with Crippen molar-refractivity contribution in [3.63, 3.8) is 0 Å². The third kappa shape index (κ3) is 5.11. The quantitative estimate of drug-likeness (QED) is 0.570. The molecule has 0 bridgehead atoms. The predicted molar refractivity (Wildman–Crippen MR) is 126 cm³/mol. The molecule has 2 heterocycles. The van der Waals surface area contributed by atoms with Gasteiger partial charge in [-0.3, -0.25) is 4.90 Å². The number of carbonyl (C=O) groups is 1. The number of anilines is 1. The maximum absolute atomic E-state index is 11.4. The van der Waals surface area contributed by atoms with Crippen LogP contribution in [0.25, 0.3) is 10.2 Å². The lowest BCUT2D eigenvalue weighted by molar-refractivity contribution is -0.152. The Morgan fingerprint density at radius 3 is 2.65 bits per heavy atom. The average Bonchev–Trinajstić information content (AvgIpc) is 3.10. The van der Waals surface area contributed by atoms with Crippen molar-refractivity contribution in [2.75, 3.05) is 31.1 Å². The first-order chi connectivity index (χ1) is 14.7. The van der Waals surface area contributed by atoms with Crippen LogP contribution in [0.4, 0.5) is 5.13 Å². The van der Waals surface area contributed by atoms with Crippen molar-refractivity contribution < 1.29 is 14.6 Å². The second-order valence-corrected chi connectivity index (χ2v) is 9.89. The van der Waals surface area contributed by atoms with Gasteiger partial charge in [-0.25, -0.2) is 9.78 Å². The van der Waals surface area contributed by atoms with Gasteiger partial charge in [0.2, 0.25) is 0 Å². The summed E-state index contributed by atoms with van der Waals surface area (Å²) in [7, 11) is 0. The number of benzene rings is 2. The Morgan fingerprint density at radius 1 is 1.19 bits per heavy atom. The molecule has 1 aliphatic rings. The van der Waals surface area contributed by atoms with Crippen molar-refractivity contribution >= 4 is 44.3 Å². The van der Waals surface area contributed by atoms with Crippen LogP contribution in [-0.4, -0.2) is 52.7 Å². The number of thiazole rings is 1. The number of halogens is 1. The Labute approximate surface area is 191 Å². The third-order valence-electron chi connectivity index (χ3n) is 5.39. The van der Waals surface area contributed by atoms with Crippen LogP contribution in [0.1, 0.15) is 25.0 Å². The van der Waals surface area contributed by atoms with Crippen molar-refractivity contribution in [2.45, 2.75) is 32.9 Å². The zero-order valence-electron chi connectivity index (χ0n) is 17.9. The van der Waals surface area contributed by atoms with Gasteiger partial charge >= 0.3 is 5.97 Å². The number of nitrogens with zero attached hydrogens (tertiary/aromatic N) is 3. The topological polar surface area (TPSA) is 65.9 Å². The summed E-state index contributed by atoms with van der Waals surface area (Å²) in [6.45, 7) is 9.61. The first kappa shape index (κ1) is 21.9. The molecule has 0 spiro atoms. The van der Waals surface area contributed by atoms with Gasteiger partial charge in [-0.1, -0.05) is 29.0 Å². The summed E-state index contributed by atoms with van der Waals surface area (Å²) >= 11 is 7.79. The van der Waals surface area contributed by atoms with E-state index in [0.717, 1.165) is 64.2 Å². The molecule has 8 heteroatoms. The van der Waals surface area contributed by atoms with Gasteiger partial charge in [-0.05, 0) is 62.2 Å². The highest BCUT2D eigenvalue weighted by Gasteiger charge is 2.29. The summed E-state index contributed by atoms with van der Waals surface area (Å²) in [4.78, 5) is 20.9. The Balaban J connectivity index is 1.40. The molecule has 3 aromatic rings. The highest BCUT2D eigenvalue weighted by Crippen LogP contribution is 2.31. The van der Waals surface area contributed by atoms with E-state index < -0.39 is 11.6 Å². The van der Waals surface area contributed by atoms with Crippen molar-refractivity contribution in [3.8, 4) is 5.75 Å². The first-order valence-electron chi connectivity index (χ1n) is 10.3. The van der Waals surface area contributed by atoms with Crippen LogP contribution < -0.4 is 9.64 Å². The Kier molecular flexibility index (Phi) is 6.10. The van der Waals surface area contributed by atoms with Crippen molar-refractivity contribution in [1.82, 2.24) is 9.88 Å². The predicted octanol–water partition coefficient (Wildman–Crippen LogP) is 4.82. The van der Waals surface area contributed by atoms with Crippen LogP contribution in [-0.2, 0) is 11.3 Å². The minimum atomic E-state index is -1.27. The fourth-order valence-corrected chi connectivity index (χ4v) is 4.98. The fourth-order valence-electron chi connectivity index (χ4n) is 3.69. The molecule has 31 heavy (non-hydrogen) atoms. The number of aryl methyl sites for hydroxylation is 1. The van der Waals surface area contributed by atoms with Crippen LogP contribution in [0.2, 0.25) is 5.02 Å². The van der Waals surface area contributed by atoms with Gasteiger partial charge in [0.05, 0.1) is 10.2 Å². The Bertz CT molecular complexity index is 1110. The number of rotatable bonds is 6. The molecule has 164 valence electrons. The maximum atomic E-state index is 11.4. The van der Waals surface area contributed by atoms with E-state index in [0.29, 0.717) is 5.75 Å². The second kappa shape index (κ2) is 8.65. The number of ether oxygens (including phenoxy) is 1. The summed E-state index contributed by atoms with van der Waals surface area (Å²) in [6.07, 6.45) is 0. The number of hydrogen-bond acceptors (Lipinski definition) is 6. The number of carboxylic acids is 1. The van der Waals surface area contributed by atoms with E-state index in [4.69, 9.17) is 21.3 Å². The fraction of sp³-hybridized carbons (Fsp3) is 0.391. The van der Waals surface area contributed by atoms with Crippen LogP contribution >= 0.6 is 22.9 Å². The molecule has 1 aromatic heterocycles. The molecular weight excluding hydrogens is 434 g/mol. The normalized spacial score (nSPS) is 15.4. The highest BCUT2D eigenvalue weighted by atomic mass is 35.5. The molecule has 2 aromatic carbocycles. The number of aromatic nitrogens is 1. The van der Waals surface area contributed by atoms with Gasteiger partial charge in [0.15, 0.2) is 10.7 Å². The van der Waals surface area contributed by atoms with E-state index >= 15 is 0 Å². The molecule has 0 aliphatic carbocycles. The highest BCUT2D eigenvalue weighted by molar-refractivity contribution is 7.22. The molecule has 1 fully saturated rings. The number of fused-ring (bicyclic) bond motifs is 1. The molecular formula is C23H26ClN3O3S. The lowest BCUT2D eigenvalue weighted by Gasteiger charge is -2.34. The van der Waals surface area contributed by atoms with Crippen LogP contribution in [0, 0.1) is 6.92 Å². The SMILES string of the molecule is Cc1cc(CN2CCN(c3nc4ccc(Cl)cc4s3)CC2)cc(OC(C)(C)C(=O)O)c1. The van der Waals surface area contributed by atoms with E-state index in [-0.39, 0.29) is 0 Å². The maximum Gasteiger partial charge on any atom is 0.347 e. The van der Waals surface area contributed by atoms with Gasteiger partial charge in [0.1, 0.15) is 5.75 Å². The second-order valence-electron chi connectivity index (χ2n) is 8.44. The molecule has 1 saturated heterocycles. The zero-order chi connectivity index (χ0) is 22.2. The number of aliphatic carboxylic acids is 1. The molecule has 1 N–H and O–H groups in total. The van der Waals surface area contributed by atoms with E-state index in [9.17, 15) is 9.90 Å². The van der Waals surface area contributed by atoms with Crippen LogP contribution in [0.3, 0.4) is 0 Å². The summed E-state index contributed by atoms with van der Waals surface area (Å²) in [6, 6.07) is 11.8. The molecule has 0 amide bonds. The number of hydrogen-bond donors (Lipinski definition) is 1. The molecule has 0 saturated carbocycles. The van der Waals surface area contributed by atoms with Gasteiger partial charge in [-0.15, -0.1) is 0 Å². The molecule has 0 atom stereocenters. The van der Waals surface area contributed by atoms with Crippen molar-refractivity contribution in [3.05, 3.63) is 52.5 Å². The van der Waals surface area contributed by atoms with Crippen molar-refractivity contribution in [1.29, 1.82) is 0 Å². The number of carboxylic acid groups (broad SMARTS) is 1. The van der Waals surface area contributed by atoms with Gasteiger partial charge in [0.25, 0.3) is 0 Å².